The quantitative estimate of drug-likeness (QED) is 0.856. The van der Waals surface area contributed by atoms with Crippen LogP contribution in [0.25, 0.3) is 6.08 Å². The van der Waals surface area contributed by atoms with Gasteiger partial charge >= 0.3 is 5.97 Å². The predicted molar refractivity (Wildman–Crippen MR) is 62.2 cm³/mol. The molecule has 1 aliphatic heterocycles. The fourth-order valence-corrected chi connectivity index (χ4v) is 2.39. The fraction of sp³-hybridized carbons (Fsp3) is 0.308. The molecular formula is C13H12O5. The zero-order valence-electron chi connectivity index (χ0n) is 9.80. The van der Waals surface area contributed by atoms with Crippen molar-refractivity contribution in [2.75, 3.05) is 20.3 Å². The van der Waals surface area contributed by atoms with E-state index in [1.54, 1.807) is 31.4 Å². The summed E-state index contributed by atoms with van der Waals surface area (Å²) < 4.78 is 16.3. The number of carbonyl (C=O) groups is 1. The van der Waals surface area contributed by atoms with Gasteiger partial charge in [0.25, 0.3) is 0 Å². The third-order valence-electron chi connectivity index (χ3n) is 3.19. The van der Waals surface area contributed by atoms with E-state index in [0.29, 0.717) is 24.5 Å². The molecule has 1 aromatic carbocycles. The van der Waals surface area contributed by atoms with E-state index in [2.05, 4.69) is 0 Å². The maximum Gasteiger partial charge on any atom is 0.337 e. The summed E-state index contributed by atoms with van der Waals surface area (Å²) in [6, 6.07) is 5.34. The van der Waals surface area contributed by atoms with Crippen LogP contribution in [0.2, 0.25) is 0 Å². The van der Waals surface area contributed by atoms with Crippen LogP contribution in [0.15, 0.2) is 23.8 Å². The number of ether oxygens (including phenoxy) is 3. The molecule has 1 fully saturated rings. The lowest BCUT2D eigenvalue weighted by molar-refractivity contribution is -0.154. The van der Waals surface area contributed by atoms with Gasteiger partial charge in [0.1, 0.15) is 11.3 Å². The summed E-state index contributed by atoms with van der Waals surface area (Å²) in [4.78, 5) is 11.3. The smallest absolute Gasteiger partial charge is 0.337 e. The van der Waals surface area contributed by atoms with Crippen LogP contribution in [-0.4, -0.2) is 31.4 Å². The van der Waals surface area contributed by atoms with Crippen molar-refractivity contribution < 1.29 is 24.1 Å². The average molecular weight is 248 g/mol. The lowest BCUT2D eigenvalue weighted by atomic mass is 10.0. The van der Waals surface area contributed by atoms with Gasteiger partial charge in [-0.25, -0.2) is 4.79 Å². The molecule has 0 bridgehead atoms. The molecule has 0 saturated carbocycles. The second-order valence-corrected chi connectivity index (χ2v) is 4.13. The SMILES string of the molecule is COc1ccc2c(c1)C1(OCCO1)C(C(=O)O)=C2. The van der Waals surface area contributed by atoms with Crippen LogP contribution < -0.4 is 4.74 Å². The van der Waals surface area contributed by atoms with Crippen molar-refractivity contribution in [3.63, 3.8) is 0 Å². The normalized spacial score (nSPS) is 19.7. The second-order valence-electron chi connectivity index (χ2n) is 4.13. The number of aliphatic carboxylic acids is 1. The summed E-state index contributed by atoms with van der Waals surface area (Å²) in [5, 5.41) is 9.28. The van der Waals surface area contributed by atoms with Crippen LogP contribution in [-0.2, 0) is 20.1 Å². The van der Waals surface area contributed by atoms with Crippen molar-refractivity contribution in [2.24, 2.45) is 0 Å². The topological polar surface area (TPSA) is 65.0 Å². The molecule has 2 aliphatic rings. The summed E-state index contributed by atoms with van der Waals surface area (Å²) in [7, 11) is 1.56. The zero-order chi connectivity index (χ0) is 12.8. The van der Waals surface area contributed by atoms with Gasteiger partial charge in [-0.2, -0.15) is 0 Å². The number of methoxy groups -OCH3 is 1. The molecule has 5 heteroatoms. The third kappa shape index (κ3) is 1.38. The maximum absolute atomic E-state index is 11.3. The Hall–Kier alpha value is -1.85. The molecule has 1 aliphatic carbocycles. The Labute approximate surface area is 104 Å². The summed E-state index contributed by atoms with van der Waals surface area (Å²) in [6.45, 7) is 0.753. The van der Waals surface area contributed by atoms with E-state index >= 15 is 0 Å². The highest BCUT2D eigenvalue weighted by Crippen LogP contribution is 2.47. The predicted octanol–water partition coefficient (Wildman–Crippen LogP) is 1.38. The summed E-state index contributed by atoms with van der Waals surface area (Å²) in [5.41, 5.74) is 1.59. The Bertz CT molecular complexity index is 540. The molecule has 94 valence electrons. The van der Waals surface area contributed by atoms with Crippen molar-refractivity contribution in [3.8, 4) is 5.75 Å². The van der Waals surface area contributed by atoms with E-state index in [-0.39, 0.29) is 5.57 Å². The Morgan fingerprint density at radius 3 is 2.72 bits per heavy atom. The molecular weight excluding hydrogens is 236 g/mol. The zero-order valence-corrected chi connectivity index (χ0v) is 9.80. The Balaban J connectivity index is 2.17. The third-order valence-corrected chi connectivity index (χ3v) is 3.19. The molecule has 1 saturated heterocycles. The summed E-state index contributed by atoms with van der Waals surface area (Å²) >= 11 is 0. The highest BCUT2D eigenvalue weighted by atomic mass is 16.7. The van der Waals surface area contributed by atoms with E-state index in [4.69, 9.17) is 14.2 Å². The van der Waals surface area contributed by atoms with Crippen LogP contribution in [0, 0.1) is 0 Å². The van der Waals surface area contributed by atoms with E-state index in [0.717, 1.165) is 5.56 Å². The number of benzene rings is 1. The number of carboxylic acids is 1. The fourth-order valence-electron chi connectivity index (χ4n) is 2.39. The summed E-state index contributed by atoms with van der Waals surface area (Å²) in [5.74, 6) is -1.66. The minimum Gasteiger partial charge on any atom is -0.497 e. The number of carboxylic acid groups (broad SMARTS) is 1. The van der Waals surface area contributed by atoms with Gasteiger partial charge in [0.05, 0.1) is 20.3 Å². The van der Waals surface area contributed by atoms with Crippen LogP contribution in [0.5, 0.6) is 5.75 Å². The van der Waals surface area contributed by atoms with Crippen LogP contribution in [0.4, 0.5) is 0 Å². The number of rotatable bonds is 2. The maximum atomic E-state index is 11.3. The standard InChI is InChI=1S/C13H12O5/c1-16-9-3-2-8-6-11(12(14)15)13(10(8)7-9)17-4-5-18-13/h2-3,6-7H,4-5H2,1H3,(H,14,15). The molecule has 0 unspecified atom stereocenters. The minimum absolute atomic E-state index is 0.114. The van der Waals surface area contributed by atoms with Gasteiger partial charge < -0.3 is 19.3 Å². The van der Waals surface area contributed by atoms with Crippen LogP contribution >= 0.6 is 0 Å². The lowest BCUT2D eigenvalue weighted by Crippen LogP contribution is -2.31. The van der Waals surface area contributed by atoms with E-state index < -0.39 is 11.8 Å². The second kappa shape index (κ2) is 3.83. The minimum atomic E-state index is -1.27. The van der Waals surface area contributed by atoms with E-state index in [1.807, 2.05) is 0 Å². The van der Waals surface area contributed by atoms with Gasteiger partial charge in [0.15, 0.2) is 0 Å². The largest absolute Gasteiger partial charge is 0.497 e. The first-order valence-corrected chi connectivity index (χ1v) is 5.59. The van der Waals surface area contributed by atoms with Gasteiger partial charge in [-0.1, -0.05) is 6.07 Å². The number of hydrogen-bond donors (Lipinski definition) is 1. The van der Waals surface area contributed by atoms with Gasteiger partial charge in [0.2, 0.25) is 5.79 Å². The van der Waals surface area contributed by atoms with Gasteiger partial charge in [-0.15, -0.1) is 0 Å². The lowest BCUT2D eigenvalue weighted by Gasteiger charge is -2.25. The van der Waals surface area contributed by atoms with Gasteiger partial charge in [0, 0.05) is 5.56 Å². The molecule has 1 N–H and O–H groups in total. The average Bonchev–Trinajstić information content (AvgIpc) is 2.97. The molecule has 0 amide bonds. The van der Waals surface area contributed by atoms with Crippen molar-refractivity contribution in [1.82, 2.24) is 0 Å². The molecule has 0 radical (unpaired) electrons. The van der Waals surface area contributed by atoms with E-state index in [9.17, 15) is 9.90 Å². The molecule has 1 spiro atoms. The van der Waals surface area contributed by atoms with Gasteiger partial charge in [-0.3, -0.25) is 0 Å². The first kappa shape index (κ1) is 11.3. The first-order valence-electron chi connectivity index (χ1n) is 5.59. The molecule has 3 rings (SSSR count). The van der Waals surface area contributed by atoms with Crippen LogP contribution in [0.3, 0.4) is 0 Å². The number of fused-ring (bicyclic) bond motifs is 2. The van der Waals surface area contributed by atoms with Crippen molar-refractivity contribution in [2.45, 2.75) is 5.79 Å². The highest BCUT2D eigenvalue weighted by molar-refractivity contribution is 5.97. The van der Waals surface area contributed by atoms with Crippen molar-refractivity contribution in [1.29, 1.82) is 0 Å². The first-order chi connectivity index (χ1) is 8.67. The highest BCUT2D eigenvalue weighted by Gasteiger charge is 2.50. The molecule has 0 atom stereocenters. The van der Waals surface area contributed by atoms with Crippen molar-refractivity contribution in [3.05, 3.63) is 34.9 Å². The van der Waals surface area contributed by atoms with Gasteiger partial charge in [-0.05, 0) is 23.8 Å². The number of hydrogen-bond acceptors (Lipinski definition) is 4. The Kier molecular flexibility index (Phi) is 2.39. The monoisotopic (exact) mass is 248 g/mol. The molecule has 5 nitrogen and oxygen atoms in total. The Morgan fingerprint density at radius 1 is 1.39 bits per heavy atom. The molecule has 18 heavy (non-hydrogen) atoms. The molecule has 1 heterocycles. The molecule has 0 aromatic heterocycles. The van der Waals surface area contributed by atoms with Crippen molar-refractivity contribution >= 4 is 12.0 Å². The Morgan fingerprint density at radius 2 is 2.11 bits per heavy atom. The van der Waals surface area contributed by atoms with E-state index in [1.165, 1.54) is 0 Å². The molecule has 1 aromatic rings. The summed E-state index contributed by atoms with van der Waals surface area (Å²) in [6.07, 6.45) is 1.59. The van der Waals surface area contributed by atoms with Crippen LogP contribution in [0.1, 0.15) is 11.1 Å².